The van der Waals surface area contributed by atoms with Crippen molar-refractivity contribution in [3.8, 4) is 6.07 Å². The topological polar surface area (TPSA) is 65.4 Å². The lowest BCUT2D eigenvalue weighted by Gasteiger charge is -2.26. The summed E-state index contributed by atoms with van der Waals surface area (Å²) in [5, 5.41) is 12.3. The van der Waals surface area contributed by atoms with E-state index in [9.17, 15) is 10.1 Å². The number of benzene rings is 1. The van der Waals surface area contributed by atoms with E-state index in [1.165, 1.54) is 6.20 Å². The first-order valence-electron chi connectivity index (χ1n) is 6.93. The highest BCUT2D eigenvalue weighted by atomic mass is 16.5. The van der Waals surface area contributed by atoms with Crippen molar-refractivity contribution in [3.05, 3.63) is 41.1 Å². The van der Waals surface area contributed by atoms with E-state index in [-0.39, 0.29) is 11.5 Å². The van der Waals surface area contributed by atoms with Crippen LogP contribution < -0.4 is 5.32 Å². The van der Waals surface area contributed by atoms with Crippen LogP contribution in [0.3, 0.4) is 0 Å². The Kier molecular flexibility index (Phi) is 4.96. The number of rotatable bonds is 3. The smallest absolute Gasteiger partial charge is 0.266 e. The Morgan fingerprint density at radius 2 is 1.95 bits per heavy atom. The maximum absolute atomic E-state index is 12.3. The monoisotopic (exact) mass is 285 g/mol. The first-order chi connectivity index (χ1) is 10.1. The third-order valence-electron chi connectivity index (χ3n) is 3.49. The van der Waals surface area contributed by atoms with Crippen LogP contribution in [0, 0.1) is 25.2 Å². The number of hydrogen-bond acceptors (Lipinski definition) is 4. The summed E-state index contributed by atoms with van der Waals surface area (Å²) in [6.45, 7) is 6.07. The van der Waals surface area contributed by atoms with Gasteiger partial charge in [-0.1, -0.05) is 18.2 Å². The highest BCUT2D eigenvalue weighted by molar-refractivity contribution is 5.97. The van der Waals surface area contributed by atoms with Gasteiger partial charge in [-0.15, -0.1) is 0 Å². The van der Waals surface area contributed by atoms with Crippen LogP contribution in [0.4, 0.5) is 5.69 Å². The number of nitrogens with one attached hydrogen (secondary N) is 1. The molecule has 1 saturated heterocycles. The molecule has 2 rings (SSSR count). The lowest BCUT2D eigenvalue weighted by Crippen LogP contribution is -2.41. The molecule has 5 heteroatoms. The number of ether oxygens (including phenoxy) is 1. The van der Waals surface area contributed by atoms with Crippen molar-refractivity contribution in [2.45, 2.75) is 13.8 Å². The fourth-order valence-electron chi connectivity index (χ4n) is 2.27. The second-order valence-corrected chi connectivity index (χ2v) is 4.99. The van der Waals surface area contributed by atoms with E-state index >= 15 is 0 Å². The zero-order chi connectivity index (χ0) is 15.2. The summed E-state index contributed by atoms with van der Waals surface area (Å²) in [6, 6.07) is 7.92. The Balaban J connectivity index is 2.14. The third-order valence-corrected chi connectivity index (χ3v) is 3.49. The van der Waals surface area contributed by atoms with Crippen molar-refractivity contribution in [2.24, 2.45) is 0 Å². The van der Waals surface area contributed by atoms with Crippen LogP contribution in [0.25, 0.3) is 0 Å². The van der Waals surface area contributed by atoms with Crippen LogP contribution in [0.5, 0.6) is 0 Å². The highest BCUT2D eigenvalue weighted by Gasteiger charge is 2.20. The molecule has 0 aromatic heterocycles. The minimum absolute atomic E-state index is 0.111. The quantitative estimate of drug-likeness (QED) is 0.681. The summed E-state index contributed by atoms with van der Waals surface area (Å²) in [7, 11) is 0. The molecule has 1 N–H and O–H groups in total. The van der Waals surface area contributed by atoms with Gasteiger partial charge in [-0.2, -0.15) is 5.26 Å². The zero-order valence-electron chi connectivity index (χ0n) is 12.3. The first kappa shape index (κ1) is 15.1. The molecular formula is C16H19N3O2. The molecular weight excluding hydrogens is 266 g/mol. The average molecular weight is 285 g/mol. The number of carbonyl (C=O) groups excluding carboxylic acids is 1. The van der Waals surface area contributed by atoms with E-state index in [1.54, 1.807) is 4.90 Å². The van der Waals surface area contributed by atoms with Crippen molar-refractivity contribution >= 4 is 11.6 Å². The van der Waals surface area contributed by atoms with Crippen LogP contribution in [-0.4, -0.2) is 37.1 Å². The van der Waals surface area contributed by atoms with Crippen molar-refractivity contribution < 1.29 is 9.53 Å². The lowest BCUT2D eigenvalue weighted by molar-refractivity contribution is -0.130. The molecule has 1 heterocycles. The predicted molar refractivity (Wildman–Crippen MR) is 80.6 cm³/mol. The average Bonchev–Trinajstić information content (AvgIpc) is 2.51. The minimum atomic E-state index is -0.250. The molecule has 0 aliphatic carbocycles. The van der Waals surface area contributed by atoms with Crippen molar-refractivity contribution in [1.29, 1.82) is 5.26 Å². The summed E-state index contributed by atoms with van der Waals surface area (Å²) >= 11 is 0. The van der Waals surface area contributed by atoms with Gasteiger partial charge in [0.2, 0.25) is 0 Å². The molecule has 1 amide bonds. The summed E-state index contributed by atoms with van der Waals surface area (Å²) < 4.78 is 5.21. The van der Waals surface area contributed by atoms with Gasteiger partial charge in [0.05, 0.1) is 13.2 Å². The highest BCUT2D eigenvalue weighted by Crippen LogP contribution is 2.19. The van der Waals surface area contributed by atoms with Gasteiger partial charge in [0.15, 0.2) is 0 Å². The van der Waals surface area contributed by atoms with Gasteiger partial charge in [0.1, 0.15) is 11.6 Å². The number of hydrogen-bond donors (Lipinski definition) is 1. The number of amides is 1. The first-order valence-corrected chi connectivity index (χ1v) is 6.93. The number of nitriles is 1. The van der Waals surface area contributed by atoms with Gasteiger partial charge in [0.25, 0.3) is 5.91 Å². The number of aryl methyl sites for hydroxylation is 2. The van der Waals surface area contributed by atoms with Gasteiger partial charge in [0, 0.05) is 25.0 Å². The number of anilines is 1. The normalized spacial score (nSPS) is 15.5. The summed E-state index contributed by atoms with van der Waals surface area (Å²) in [5.74, 6) is -0.250. The van der Waals surface area contributed by atoms with E-state index in [0.29, 0.717) is 26.3 Å². The molecule has 0 radical (unpaired) electrons. The van der Waals surface area contributed by atoms with Crippen molar-refractivity contribution in [2.75, 3.05) is 31.6 Å². The van der Waals surface area contributed by atoms with E-state index in [1.807, 2.05) is 38.1 Å². The van der Waals surface area contributed by atoms with Crippen molar-refractivity contribution in [1.82, 2.24) is 4.90 Å². The Bertz CT molecular complexity index is 576. The minimum Gasteiger partial charge on any atom is -0.378 e. The van der Waals surface area contributed by atoms with Gasteiger partial charge >= 0.3 is 0 Å². The van der Waals surface area contributed by atoms with E-state index in [2.05, 4.69) is 5.32 Å². The molecule has 110 valence electrons. The molecule has 0 unspecified atom stereocenters. The van der Waals surface area contributed by atoms with Crippen LogP contribution in [0.1, 0.15) is 11.1 Å². The van der Waals surface area contributed by atoms with E-state index < -0.39 is 0 Å². The van der Waals surface area contributed by atoms with Crippen LogP contribution in [-0.2, 0) is 9.53 Å². The van der Waals surface area contributed by atoms with Crippen LogP contribution >= 0.6 is 0 Å². The number of para-hydroxylation sites is 1. The van der Waals surface area contributed by atoms with Crippen molar-refractivity contribution in [3.63, 3.8) is 0 Å². The third kappa shape index (κ3) is 3.61. The largest absolute Gasteiger partial charge is 0.378 e. The summed E-state index contributed by atoms with van der Waals surface area (Å²) in [4.78, 5) is 13.9. The van der Waals surface area contributed by atoms with Crippen LogP contribution in [0.15, 0.2) is 30.0 Å². The molecule has 1 aliphatic heterocycles. The molecule has 0 saturated carbocycles. The molecule has 0 atom stereocenters. The van der Waals surface area contributed by atoms with E-state index in [0.717, 1.165) is 16.8 Å². The van der Waals surface area contributed by atoms with Gasteiger partial charge < -0.3 is 15.0 Å². The lowest BCUT2D eigenvalue weighted by atomic mass is 10.1. The van der Waals surface area contributed by atoms with Gasteiger partial charge in [-0.25, -0.2) is 0 Å². The second-order valence-electron chi connectivity index (χ2n) is 4.99. The Hall–Kier alpha value is -2.32. The van der Waals surface area contributed by atoms with Crippen LogP contribution in [0.2, 0.25) is 0 Å². The molecule has 1 aromatic carbocycles. The number of morpholine rings is 1. The molecule has 1 fully saturated rings. The summed E-state index contributed by atoms with van der Waals surface area (Å²) in [6.07, 6.45) is 1.49. The maximum Gasteiger partial charge on any atom is 0.266 e. The number of carbonyl (C=O) groups is 1. The Morgan fingerprint density at radius 3 is 2.52 bits per heavy atom. The van der Waals surface area contributed by atoms with Gasteiger partial charge in [-0.05, 0) is 25.0 Å². The standard InChI is InChI=1S/C16H19N3O2/c1-12-4-3-5-13(2)15(12)18-11-14(10-17)16(20)19-6-8-21-9-7-19/h3-5,11,18H,6-9H2,1-2H3/b14-11-. The molecule has 1 aliphatic rings. The van der Waals surface area contributed by atoms with E-state index in [4.69, 9.17) is 4.74 Å². The summed E-state index contributed by atoms with van der Waals surface area (Å²) in [5.41, 5.74) is 3.18. The predicted octanol–water partition coefficient (Wildman–Crippen LogP) is 1.98. The molecule has 0 spiro atoms. The molecule has 5 nitrogen and oxygen atoms in total. The molecule has 21 heavy (non-hydrogen) atoms. The Labute approximate surface area is 124 Å². The fraction of sp³-hybridized carbons (Fsp3) is 0.375. The SMILES string of the molecule is Cc1cccc(C)c1N/C=C(/C#N)C(=O)N1CCOCC1. The van der Waals surface area contributed by atoms with Gasteiger partial charge in [-0.3, -0.25) is 4.79 Å². The Morgan fingerprint density at radius 1 is 1.33 bits per heavy atom. The number of nitrogens with zero attached hydrogens (tertiary/aromatic N) is 2. The molecule has 1 aromatic rings. The zero-order valence-corrected chi connectivity index (χ0v) is 12.3. The fourth-order valence-corrected chi connectivity index (χ4v) is 2.27. The maximum atomic E-state index is 12.3. The molecule has 0 bridgehead atoms. The second kappa shape index (κ2) is 6.91.